The molecule has 1 aromatic heterocycles. The highest BCUT2D eigenvalue weighted by Crippen LogP contribution is 2.15. The Balaban J connectivity index is 1.46. The zero-order valence-electron chi connectivity index (χ0n) is 15.3. The van der Waals surface area contributed by atoms with Gasteiger partial charge in [0.15, 0.2) is 10.4 Å². The monoisotopic (exact) mass is 449 g/mol. The van der Waals surface area contributed by atoms with Crippen LogP contribution in [-0.2, 0) is 4.79 Å². The number of hydrogen-bond donors (Lipinski definition) is 1. The zero-order chi connectivity index (χ0) is 20.1. The number of carbonyl (C=O) groups excluding carboxylic acids is 3. The number of halogens is 1. The molecule has 1 fully saturated rings. The number of carbonyl (C=O) groups is 3. The van der Waals surface area contributed by atoms with Gasteiger partial charge < -0.3 is 24.3 Å². The van der Waals surface area contributed by atoms with Gasteiger partial charge in [-0.25, -0.2) is 0 Å². The van der Waals surface area contributed by atoms with Crippen molar-refractivity contribution in [3.8, 4) is 5.75 Å². The first kappa shape index (κ1) is 19.9. The lowest BCUT2D eigenvalue weighted by atomic mass is 10.1. The highest BCUT2D eigenvalue weighted by atomic mass is 79.9. The van der Waals surface area contributed by atoms with Gasteiger partial charge in [-0.15, -0.1) is 0 Å². The molecule has 0 bridgehead atoms. The van der Waals surface area contributed by atoms with Crippen molar-refractivity contribution in [2.75, 3.05) is 39.8 Å². The number of hydrogen-bond acceptors (Lipinski definition) is 5. The summed E-state index contributed by atoms with van der Waals surface area (Å²) in [4.78, 5) is 40.1. The van der Waals surface area contributed by atoms with E-state index in [9.17, 15) is 14.4 Å². The summed E-state index contributed by atoms with van der Waals surface area (Å²) in [5.74, 6) is 0.0971. The second-order valence-electron chi connectivity index (χ2n) is 6.19. The van der Waals surface area contributed by atoms with E-state index in [1.807, 2.05) is 0 Å². The minimum absolute atomic E-state index is 0.0774. The van der Waals surface area contributed by atoms with Gasteiger partial charge in [0.25, 0.3) is 11.8 Å². The van der Waals surface area contributed by atoms with E-state index in [-0.39, 0.29) is 24.1 Å². The van der Waals surface area contributed by atoms with Crippen molar-refractivity contribution in [3.63, 3.8) is 0 Å². The molecule has 1 aliphatic rings. The first-order valence-electron chi connectivity index (χ1n) is 8.72. The molecule has 2 aromatic rings. The molecule has 1 aliphatic heterocycles. The summed E-state index contributed by atoms with van der Waals surface area (Å²) in [7, 11) is 1.57. The molecule has 0 radical (unpaired) electrons. The molecule has 1 aromatic carbocycles. The lowest BCUT2D eigenvalue weighted by Crippen LogP contribution is -2.52. The van der Waals surface area contributed by atoms with Crippen LogP contribution >= 0.6 is 15.9 Å². The summed E-state index contributed by atoms with van der Waals surface area (Å²) in [6.07, 6.45) is 0. The van der Waals surface area contributed by atoms with E-state index >= 15 is 0 Å². The highest BCUT2D eigenvalue weighted by molar-refractivity contribution is 9.10. The Kier molecular flexibility index (Phi) is 6.35. The van der Waals surface area contributed by atoms with Gasteiger partial charge in [-0.1, -0.05) is 0 Å². The fourth-order valence-corrected chi connectivity index (χ4v) is 3.17. The number of nitrogens with one attached hydrogen (secondary N) is 1. The summed E-state index contributed by atoms with van der Waals surface area (Å²) < 4.78 is 10.7. The van der Waals surface area contributed by atoms with Crippen molar-refractivity contribution < 1.29 is 23.5 Å². The van der Waals surface area contributed by atoms with Crippen LogP contribution in [0.25, 0.3) is 0 Å². The van der Waals surface area contributed by atoms with E-state index in [0.717, 1.165) is 0 Å². The maximum Gasteiger partial charge on any atom is 0.287 e. The van der Waals surface area contributed by atoms with Crippen LogP contribution in [0, 0.1) is 0 Å². The molecule has 0 atom stereocenters. The van der Waals surface area contributed by atoms with Crippen LogP contribution in [0.2, 0.25) is 0 Å². The molecule has 3 amide bonds. The maximum atomic E-state index is 12.6. The molecule has 1 N–H and O–H groups in total. The zero-order valence-corrected chi connectivity index (χ0v) is 16.9. The number of methoxy groups -OCH3 is 1. The molecule has 0 spiro atoms. The van der Waals surface area contributed by atoms with Gasteiger partial charge in [0.05, 0.1) is 13.7 Å². The number of benzene rings is 1. The molecule has 3 rings (SSSR count). The summed E-state index contributed by atoms with van der Waals surface area (Å²) in [5, 5.41) is 2.54. The molecule has 8 nitrogen and oxygen atoms in total. The van der Waals surface area contributed by atoms with Crippen molar-refractivity contribution in [2.24, 2.45) is 0 Å². The van der Waals surface area contributed by atoms with E-state index in [1.54, 1.807) is 47.2 Å². The maximum absolute atomic E-state index is 12.6. The van der Waals surface area contributed by atoms with Crippen LogP contribution in [0.4, 0.5) is 0 Å². The van der Waals surface area contributed by atoms with Crippen molar-refractivity contribution in [2.45, 2.75) is 0 Å². The standard InChI is InChI=1S/C19H20BrN3O5/c1-27-14-4-2-13(3-5-14)19(26)23-10-8-22(9-11-23)17(24)12-21-18(25)15-6-7-16(20)28-15/h2-7H,8-12H2,1H3,(H,21,25). The van der Waals surface area contributed by atoms with Crippen LogP contribution in [0.1, 0.15) is 20.9 Å². The van der Waals surface area contributed by atoms with Crippen LogP contribution in [0.5, 0.6) is 5.75 Å². The van der Waals surface area contributed by atoms with Crippen LogP contribution in [0.3, 0.4) is 0 Å². The van der Waals surface area contributed by atoms with Crippen molar-refractivity contribution in [3.05, 3.63) is 52.4 Å². The normalized spacial score (nSPS) is 13.9. The number of amides is 3. The fraction of sp³-hybridized carbons (Fsp3) is 0.316. The fourth-order valence-electron chi connectivity index (χ4n) is 2.87. The number of ether oxygens (including phenoxy) is 1. The SMILES string of the molecule is COc1ccc(C(=O)N2CCN(C(=O)CNC(=O)c3ccc(Br)o3)CC2)cc1. The molecule has 148 valence electrons. The van der Waals surface area contributed by atoms with Crippen LogP contribution in [0.15, 0.2) is 45.5 Å². The van der Waals surface area contributed by atoms with Gasteiger partial charge in [-0.3, -0.25) is 14.4 Å². The minimum Gasteiger partial charge on any atom is -0.497 e. The third-order valence-corrected chi connectivity index (χ3v) is 4.88. The lowest BCUT2D eigenvalue weighted by molar-refractivity contribution is -0.131. The molecule has 0 unspecified atom stereocenters. The van der Waals surface area contributed by atoms with Gasteiger partial charge in [0.2, 0.25) is 5.91 Å². The Bertz CT molecular complexity index is 857. The van der Waals surface area contributed by atoms with Gasteiger partial charge in [0.1, 0.15) is 5.75 Å². The smallest absolute Gasteiger partial charge is 0.287 e. The van der Waals surface area contributed by atoms with E-state index in [1.165, 1.54) is 6.07 Å². The topological polar surface area (TPSA) is 92.1 Å². The number of piperazine rings is 1. The van der Waals surface area contributed by atoms with Gasteiger partial charge in [0, 0.05) is 31.7 Å². The van der Waals surface area contributed by atoms with Gasteiger partial charge >= 0.3 is 0 Å². The molecular weight excluding hydrogens is 430 g/mol. The molecule has 0 aliphatic carbocycles. The van der Waals surface area contributed by atoms with E-state index in [4.69, 9.17) is 9.15 Å². The Morgan fingerprint density at radius 3 is 2.25 bits per heavy atom. The summed E-state index contributed by atoms with van der Waals surface area (Å²) in [6, 6.07) is 10.1. The van der Waals surface area contributed by atoms with Crippen molar-refractivity contribution in [1.29, 1.82) is 0 Å². The minimum atomic E-state index is -0.452. The van der Waals surface area contributed by atoms with E-state index < -0.39 is 5.91 Å². The van der Waals surface area contributed by atoms with Crippen LogP contribution < -0.4 is 10.1 Å². The Labute approximate surface area is 170 Å². The molecule has 1 saturated heterocycles. The quantitative estimate of drug-likeness (QED) is 0.750. The second-order valence-corrected chi connectivity index (χ2v) is 6.97. The van der Waals surface area contributed by atoms with Gasteiger partial charge in [-0.05, 0) is 52.3 Å². The summed E-state index contributed by atoms with van der Waals surface area (Å²) >= 11 is 3.12. The largest absolute Gasteiger partial charge is 0.497 e. The first-order chi connectivity index (χ1) is 13.5. The van der Waals surface area contributed by atoms with Gasteiger partial charge in [-0.2, -0.15) is 0 Å². The Morgan fingerprint density at radius 1 is 1.04 bits per heavy atom. The predicted molar refractivity (Wildman–Crippen MR) is 104 cm³/mol. The molecule has 0 saturated carbocycles. The van der Waals surface area contributed by atoms with Crippen molar-refractivity contribution in [1.82, 2.24) is 15.1 Å². The number of nitrogens with zero attached hydrogens (tertiary/aromatic N) is 2. The first-order valence-corrected chi connectivity index (χ1v) is 9.52. The van der Waals surface area contributed by atoms with Crippen LogP contribution in [-0.4, -0.2) is 67.4 Å². The third kappa shape index (κ3) is 4.72. The molecule has 28 heavy (non-hydrogen) atoms. The average molecular weight is 450 g/mol. The Morgan fingerprint density at radius 2 is 1.68 bits per heavy atom. The molecule has 9 heteroatoms. The molecular formula is C19H20BrN3O5. The Hall–Kier alpha value is -2.81. The summed E-state index contributed by atoms with van der Waals surface area (Å²) in [6.45, 7) is 1.60. The third-order valence-electron chi connectivity index (χ3n) is 4.45. The van der Waals surface area contributed by atoms with Crippen molar-refractivity contribution >= 4 is 33.7 Å². The van der Waals surface area contributed by atoms with E-state index in [0.29, 0.717) is 42.2 Å². The lowest BCUT2D eigenvalue weighted by Gasteiger charge is -2.34. The summed E-state index contributed by atoms with van der Waals surface area (Å²) in [5.41, 5.74) is 0.581. The second kappa shape index (κ2) is 8.92. The number of rotatable bonds is 5. The highest BCUT2D eigenvalue weighted by Gasteiger charge is 2.25. The van der Waals surface area contributed by atoms with E-state index in [2.05, 4.69) is 21.2 Å². The predicted octanol–water partition coefficient (Wildman–Crippen LogP) is 1.77. The number of furan rings is 1. The average Bonchev–Trinajstić information content (AvgIpc) is 3.18. The molecule has 2 heterocycles.